The Morgan fingerprint density at radius 1 is 0.156 bits per heavy atom. The van der Waals surface area contributed by atoms with Crippen LogP contribution in [0.5, 0.6) is 34.5 Å². The molecule has 12 aromatic rings. The molecule has 0 aromatic heterocycles. The van der Waals surface area contributed by atoms with Crippen molar-refractivity contribution in [2.75, 3.05) is 0 Å². The molecule has 0 radical (unpaired) electrons. The van der Waals surface area contributed by atoms with Crippen molar-refractivity contribution in [3.63, 3.8) is 0 Å². The summed E-state index contributed by atoms with van der Waals surface area (Å²) >= 11 is 0. The Hall–Kier alpha value is -12.5. The zero-order valence-corrected chi connectivity index (χ0v) is 47.8. The number of hydrogen-bond donors (Lipinski definition) is 6. The van der Waals surface area contributed by atoms with E-state index >= 15 is 0 Å². The van der Waals surface area contributed by atoms with E-state index in [2.05, 4.69) is 0 Å². The fourth-order valence-corrected chi connectivity index (χ4v) is 10.5. The number of ketones is 6. The summed E-state index contributed by atoms with van der Waals surface area (Å²) in [6, 6.07) is 68.6. The summed E-state index contributed by atoms with van der Waals surface area (Å²) < 4.78 is 0. The van der Waals surface area contributed by atoms with Gasteiger partial charge in [-0.1, -0.05) is 182 Å². The van der Waals surface area contributed by atoms with Crippen LogP contribution in [0.1, 0.15) is 0 Å². The molecule has 0 heterocycles. The van der Waals surface area contributed by atoms with Crippen LogP contribution >= 0.6 is 0 Å². The standard InChI is InChI=1S/3C20H14O2.3C6H4O2/c3*21-17-11-9-13-5-1-3-7-15(13)19(17)20-16-8-4-2-6-14(16)10-12-18(20)22;3*7-5-1-2-6(8)4-3-5/h3*1-12,21-22H;3*1-4H. The van der Waals surface area contributed by atoms with Gasteiger partial charge in [0.15, 0.2) is 34.7 Å². The second-order valence-corrected chi connectivity index (χ2v) is 20.5. The lowest BCUT2D eigenvalue weighted by molar-refractivity contribution is -0.113. The number of carbonyl (C=O) groups is 6. The summed E-state index contributed by atoms with van der Waals surface area (Å²) in [5.41, 5.74) is 4.04. The van der Waals surface area contributed by atoms with E-state index in [0.717, 1.165) is 64.6 Å². The van der Waals surface area contributed by atoms with Crippen LogP contribution in [-0.4, -0.2) is 65.3 Å². The maximum absolute atomic E-state index is 10.4. The van der Waals surface area contributed by atoms with E-state index in [1.165, 1.54) is 72.9 Å². The number of phenols is 6. The normalized spacial score (nSPS) is 12.8. The summed E-state index contributed by atoms with van der Waals surface area (Å²) in [6.45, 7) is 0. The molecule has 6 N–H and O–H groups in total. The van der Waals surface area contributed by atoms with E-state index in [0.29, 0.717) is 33.4 Å². The second-order valence-electron chi connectivity index (χ2n) is 20.5. The zero-order chi connectivity index (χ0) is 63.3. The summed E-state index contributed by atoms with van der Waals surface area (Å²) in [5, 5.41) is 74.3. The van der Waals surface area contributed by atoms with Gasteiger partial charge in [-0.2, -0.15) is 0 Å². The first-order valence-electron chi connectivity index (χ1n) is 28.2. The van der Waals surface area contributed by atoms with E-state index in [9.17, 15) is 59.4 Å². The molecule has 15 rings (SSSR count). The molecule has 12 aromatic carbocycles. The first-order valence-corrected chi connectivity index (χ1v) is 28.2. The Labute approximate surface area is 515 Å². The number of aromatic hydroxyl groups is 6. The first kappa shape index (κ1) is 60.6. The molecule has 438 valence electrons. The van der Waals surface area contributed by atoms with Gasteiger partial charge in [-0.15, -0.1) is 0 Å². The Morgan fingerprint density at radius 2 is 0.278 bits per heavy atom. The number of allylic oxidation sites excluding steroid dienone is 12. The van der Waals surface area contributed by atoms with Gasteiger partial charge >= 0.3 is 0 Å². The van der Waals surface area contributed by atoms with E-state index < -0.39 is 0 Å². The van der Waals surface area contributed by atoms with Crippen molar-refractivity contribution in [2.45, 2.75) is 0 Å². The van der Waals surface area contributed by atoms with E-state index in [1.54, 1.807) is 36.4 Å². The van der Waals surface area contributed by atoms with Gasteiger partial charge in [0, 0.05) is 33.4 Å². The van der Waals surface area contributed by atoms with Gasteiger partial charge in [-0.25, -0.2) is 0 Å². The number of rotatable bonds is 3. The highest BCUT2D eigenvalue weighted by Gasteiger charge is 2.19. The highest BCUT2D eigenvalue weighted by atomic mass is 16.3. The lowest BCUT2D eigenvalue weighted by atomic mass is 9.92. The fraction of sp³-hybridized carbons (Fsp3) is 0. The van der Waals surface area contributed by atoms with Gasteiger partial charge in [0.05, 0.1) is 0 Å². The lowest BCUT2D eigenvalue weighted by Crippen LogP contribution is -1.97. The minimum absolute atomic E-state index is 0.121. The Balaban J connectivity index is 0.000000126. The van der Waals surface area contributed by atoms with Crippen LogP contribution < -0.4 is 0 Å². The van der Waals surface area contributed by atoms with Gasteiger partial charge in [0.25, 0.3) is 0 Å². The molecular formula is C78H54O12. The molecule has 0 saturated carbocycles. The summed E-state index contributed by atoms with van der Waals surface area (Å²) in [4.78, 5) is 61.7. The number of hydrogen-bond acceptors (Lipinski definition) is 12. The zero-order valence-electron chi connectivity index (χ0n) is 47.8. The number of benzene rings is 12. The monoisotopic (exact) mass is 1180 g/mol. The molecule has 3 aliphatic carbocycles. The van der Waals surface area contributed by atoms with Crippen LogP contribution in [0.3, 0.4) is 0 Å². The lowest BCUT2D eigenvalue weighted by Gasteiger charge is -2.14. The molecule has 0 aliphatic heterocycles. The largest absolute Gasteiger partial charge is 0.507 e. The van der Waals surface area contributed by atoms with E-state index in [-0.39, 0.29) is 69.2 Å². The molecule has 0 atom stereocenters. The maximum atomic E-state index is 10.4. The Kier molecular flexibility index (Phi) is 18.6. The van der Waals surface area contributed by atoms with Crippen LogP contribution in [0, 0.1) is 0 Å². The van der Waals surface area contributed by atoms with Crippen molar-refractivity contribution < 1.29 is 59.4 Å². The van der Waals surface area contributed by atoms with E-state index in [4.69, 9.17) is 0 Å². The summed E-state index contributed by atoms with van der Waals surface area (Å²) in [5.74, 6) is 0.305. The SMILES string of the molecule is O=C1C=CC(=O)C=C1.O=C1C=CC(=O)C=C1.O=C1C=CC(=O)C=C1.Oc1ccc2ccccc2c1-c1c(O)ccc2ccccc12.Oc1ccc2ccccc2c1-c1c(O)ccc2ccccc12.Oc1ccc2ccccc2c1-c1c(O)ccc2ccccc12. The third-order valence-electron chi connectivity index (χ3n) is 14.7. The van der Waals surface area contributed by atoms with Crippen LogP contribution in [0.2, 0.25) is 0 Å². The Morgan fingerprint density at radius 3 is 0.411 bits per heavy atom. The predicted molar refractivity (Wildman–Crippen MR) is 356 cm³/mol. The van der Waals surface area contributed by atoms with Crippen molar-refractivity contribution in [1.29, 1.82) is 0 Å². The first-order chi connectivity index (χ1) is 43.6. The fourth-order valence-electron chi connectivity index (χ4n) is 10.5. The van der Waals surface area contributed by atoms with Crippen molar-refractivity contribution in [3.05, 3.63) is 291 Å². The molecule has 0 unspecified atom stereocenters. The second kappa shape index (κ2) is 27.7. The van der Waals surface area contributed by atoms with Gasteiger partial charge in [-0.3, -0.25) is 28.8 Å². The van der Waals surface area contributed by atoms with Gasteiger partial charge in [0.2, 0.25) is 0 Å². The van der Waals surface area contributed by atoms with Crippen LogP contribution in [0.25, 0.3) is 98.0 Å². The molecule has 90 heavy (non-hydrogen) atoms. The summed E-state index contributed by atoms with van der Waals surface area (Å²) in [7, 11) is 0. The maximum Gasteiger partial charge on any atom is 0.178 e. The third kappa shape index (κ3) is 13.9. The Bertz CT molecular complexity index is 4170. The average Bonchev–Trinajstić information content (AvgIpc) is 0.873. The molecule has 0 spiro atoms. The molecule has 12 heteroatoms. The van der Waals surface area contributed by atoms with Crippen LogP contribution in [0.15, 0.2) is 291 Å². The number of carbonyl (C=O) groups excluding carboxylic acids is 6. The highest BCUT2D eigenvalue weighted by Crippen LogP contribution is 2.47. The highest BCUT2D eigenvalue weighted by molar-refractivity contribution is 6.17. The quantitative estimate of drug-likeness (QED) is 0.0909. The minimum Gasteiger partial charge on any atom is -0.507 e. The van der Waals surface area contributed by atoms with Gasteiger partial charge in [0.1, 0.15) is 34.5 Å². The molecule has 3 aliphatic rings. The van der Waals surface area contributed by atoms with Crippen LogP contribution in [-0.2, 0) is 28.8 Å². The molecule has 12 nitrogen and oxygen atoms in total. The van der Waals surface area contributed by atoms with Gasteiger partial charge < -0.3 is 30.6 Å². The van der Waals surface area contributed by atoms with Crippen molar-refractivity contribution in [3.8, 4) is 67.9 Å². The number of fused-ring (bicyclic) bond motifs is 6. The van der Waals surface area contributed by atoms with Crippen molar-refractivity contribution >= 4 is 99.3 Å². The minimum atomic E-state index is -0.121. The van der Waals surface area contributed by atoms with Crippen molar-refractivity contribution in [1.82, 2.24) is 0 Å². The van der Waals surface area contributed by atoms with Crippen LogP contribution in [0.4, 0.5) is 0 Å². The van der Waals surface area contributed by atoms with Gasteiger partial charge in [-0.05, 0) is 174 Å². The molecule has 0 fully saturated rings. The number of phenolic OH excluding ortho intramolecular Hbond substituents is 6. The smallest absolute Gasteiger partial charge is 0.178 e. The molecule has 0 bridgehead atoms. The molecule has 0 saturated heterocycles. The van der Waals surface area contributed by atoms with E-state index in [1.807, 2.05) is 182 Å². The summed E-state index contributed by atoms with van der Waals surface area (Å²) in [6.07, 6.45) is 15.0. The molecule has 0 amide bonds. The third-order valence-corrected chi connectivity index (χ3v) is 14.7. The predicted octanol–water partition coefficient (Wildman–Crippen LogP) is 16.0. The topological polar surface area (TPSA) is 224 Å². The molecular weight excluding hydrogens is 1130 g/mol. The average molecular weight is 1180 g/mol. The van der Waals surface area contributed by atoms with Crippen molar-refractivity contribution in [2.24, 2.45) is 0 Å².